The van der Waals surface area contributed by atoms with Gasteiger partial charge in [-0.15, -0.1) is 0 Å². The first-order chi connectivity index (χ1) is 14.1. The fraction of sp³-hybridized carbons (Fsp3) is 0.174. The highest BCUT2D eigenvalue weighted by Gasteiger charge is 2.13. The number of nitrogens with one attached hydrogen (secondary N) is 1. The van der Waals surface area contributed by atoms with Gasteiger partial charge < -0.3 is 15.0 Å². The van der Waals surface area contributed by atoms with E-state index in [-0.39, 0.29) is 5.91 Å². The van der Waals surface area contributed by atoms with Crippen LogP contribution in [-0.4, -0.2) is 30.5 Å². The molecule has 0 aliphatic carbocycles. The second-order valence-corrected chi connectivity index (χ2v) is 6.43. The highest BCUT2D eigenvalue weighted by atomic mass is 16.5. The van der Waals surface area contributed by atoms with Crippen molar-refractivity contribution in [3.8, 4) is 0 Å². The van der Waals surface area contributed by atoms with Crippen LogP contribution in [0.1, 0.15) is 33.3 Å². The summed E-state index contributed by atoms with van der Waals surface area (Å²) in [5, 5.41) is 2.78. The van der Waals surface area contributed by atoms with Gasteiger partial charge in [0.05, 0.1) is 12.7 Å². The van der Waals surface area contributed by atoms with E-state index in [2.05, 4.69) is 34.3 Å². The molecule has 0 aliphatic rings. The zero-order valence-corrected chi connectivity index (χ0v) is 16.5. The second kappa shape index (κ2) is 9.50. The first-order valence-corrected chi connectivity index (χ1v) is 9.35. The molecule has 3 rings (SSSR count). The van der Waals surface area contributed by atoms with Crippen molar-refractivity contribution >= 4 is 23.3 Å². The van der Waals surface area contributed by atoms with Crippen LogP contribution >= 0.6 is 0 Å². The zero-order chi connectivity index (χ0) is 20.6. The van der Waals surface area contributed by atoms with Gasteiger partial charge in [0.1, 0.15) is 5.69 Å². The molecule has 0 saturated heterocycles. The molecule has 1 aromatic heterocycles. The standard InChI is InChI=1S/C23H23N3O3/c1-3-26(16-17-8-5-4-6-9-17)20-12-13-24-21(15-20)22(27)25-19-11-7-10-18(14-19)23(28)29-2/h4-15H,3,16H2,1-2H3,(H,25,27). The molecule has 1 amide bonds. The maximum absolute atomic E-state index is 12.7. The number of aromatic nitrogens is 1. The smallest absolute Gasteiger partial charge is 0.337 e. The normalized spacial score (nSPS) is 10.3. The van der Waals surface area contributed by atoms with E-state index in [1.807, 2.05) is 24.3 Å². The van der Waals surface area contributed by atoms with Crippen LogP contribution < -0.4 is 10.2 Å². The van der Waals surface area contributed by atoms with Gasteiger partial charge in [-0.05, 0) is 42.8 Å². The number of carbonyl (C=O) groups excluding carboxylic acids is 2. The molecule has 0 atom stereocenters. The first-order valence-electron chi connectivity index (χ1n) is 9.35. The Morgan fingerprint density at radius 2 is 1.83 bits per heavy atom. The van der Waals surface area contributed by atoms with E-state index < -0.39 is 5.97 Å². The molecule has 3 aromatic rings. The fourth-order valence-corrected chi connectivity index (χ4v) is 2.97. The number of hydrogen-bond acceptors (Lipinski definition) is 5. The summed E-state index contributed by atoms with van der Waals surface area (Å²) in [6.45, 7) is 3.60. The third-order valence-corrected chi connectivity index (χ3v) is 4.48. The second-order valence-electron chi connectivity index (χ2n) is 6.43. The molecule has 0 bridgehead atoms. The van der Waals surface area contributed by atoms with Crippen molar-refractivity contribution in [2.75, 3.05) is 23.9 Å². The molecule has 0 unspecified atom stereocenters. The summed E-state index contributed by atoms with van der Waals surface area (Å²) in [6, 6.07) is 20.4. The number of hydrogen-bond donors (Lipinski definition) is 1. The molecular weight excluding hydrogens is 366 g/mol. The van der Waals surface area contributed by atoms with E-state index in [1.54, 1.807) is 36.5 Å². The Balaban J connectivity index is 1.76. The number of benzene rings is 2. The van der Waals surface area contributed by atoms with Gasteiger partial charge in [0, 0.05) is 30.7 Å². The van der Waals surface area contributed by atoms with E-state index in [0.717, 1.165) is 18.8 Å². The maximum atomic E-state index is 12.7. The number of esters is 1. The van der Waals surface area contributed by atoms with E-state index >= 15 is 0 Å². The topological polar surface area (TPSA) is 71.5 Å². The van der Waals surface area contributed by atoms with Crippen molar-refractivity contribution in [2.45, 2.75) is 13.5 Å². The summed E-state index contributed by atoms with van der Waals surface area (Å²) in [7, 11) is 1.32. The highest BCUT2D eigenvalue weighted by Crippen LogP contribution is 2.19. The molecule has 2 aromatic carbocycles. The summed E-state index contributed by atoms with van der Waals surface area (Å²) >= 11 is 0. The van der Waals surface area contributed by atoms with Crippen LogP contribution in [0.2, 0.25) is 0 Å². The fourth-order valence-electron chi connectivity index (χ4n) is 2.97. The predicted molar refractivity (Wildman–Crippen MR) is 113 cm³/mol. The Morgan fingerprint density at radius 3 is 2.55 bits per heavy atom. The van der Waals surface area contributed by atoms with Gasteiger partial charge in [0.2, 0.25) is 0 Å². The van der Waals surface area contributed by atoms with Crippen molar-refractivity contribution in [2.24, 2.45) is 0 Å². The van der Waals surface area contributed by atoms with Gasteiger partial charge in [-0.25, -0.2) is 4.79 Å². The van der Waals surface area contributed by atoms with Crippen molar-refractivity contribution in [1.29, 1.82) is 0 Å². The molecule has 0 spiro atoms. The summed E-state index contributed by atoms with van der Waals surface area (Å²) in [5.74, 6) is -0.801. The molecular formula is C23H23N3O3. The molecule has 0 fully saturated rings. The lowest BCUT2D eigenvalue weighted by Gasteiger charge is -2.23. The van der Waals surface area contributed by atoms with Gasteiger partial charge in [0.15, 0.2) is 0 Å². The summed E-state index contributed by atoms with van der Waals surface area (Å²) in [5.41, 5.74) is 3.28. The van der Waals surface area contributed by atoms with Crippen LogP contribution in [-0.2, 0) is 11.3 Å². The number of rotatable bonds is 7. The molecule has 1 heterocycles. The number of ether oxygens (including phenoxy) is 1. The van der Waals surface area contributed by atoms with Crippen molar-refractivity contribution in [3.05, 3.63) is 89.7 Å². The summed E-state index contributed by atoms with van der Waals surface area (Å²) in [6.07, 6.45) is 1.63. The Hall–Kier alpha value is -3.67. The highest BCUT2D eigenvalue weighted by molar-refractivity contribution is 6.04. The number of nitrogens with zero attached hydrogens (tertiary/aromatic N) is 2. The van der Waals surface area contributed by atoms with Crippen LogP contribution in [0.25, 0.3) is 0 Å². The zero-order valence-electron chi connectivity index (χ0n) is 16.5. The molecule has 1 N–H and O–H groups in total. The number of amides is 1. The van der Waals surface area contributed by atoms with E-state index in [1.165, 1.54) is 12.7 Å². The third kappa shape index (κ3) is 5.19. The van der Waals surface area contributed by atoms with Crippen molar-refractivity contribution < 1.29 is 14.3 Å². The van der Waals surface area contributed by atoms with Gasteiger partial charge in [-0.3, -0.25) is 9.78 Å². The van der Waals surface area contributed by atoms with Crippen LogP contribution in [0.15, 0.2) is 72.9 Å². The minimum absolute atomic E-state index is 0.303. The average molecular weight is 389 g/mol. The number of pyridine rings is 1. The van der Waals surface area contributed by atoms with Crippen LogP contribution in [0.4, 0.5) is 11.4 Å². The van der Waals surface area contributed by atoms with Gasteiger partial charge in [-0.1, -0.05) is 36.4 Å². The van der Waals surface area contributed by atoms with Crippen molar-refractivity contribution in [1.82, 2.24) is 4.98 Å². The van der Waals surface area contributed by atoms with Crippen LogP contribution in [0.5, 0.6) is 0 Å². The van der Waals surface area contributed by atoms with Gasteiger partial charge >= 0.3 is 5.97 Å². The monoisotopic (exact) mass is 389 g/mol. The quantitative estimate of drug-likeness (QED) is 0.615. The SMILES string of the molecule is CCN(Cc1ccccc1)c1ccnc(C(=O)Nc2cccc(C(=O)OC)c2)c1. The summed E-state index contributed by atoms with van der Waals surface area (Å²) in [4.78, 5) is 30.7. The van der Waals surface area contributed by atoms with E-state index in [0.29, 0.717) is 16.9 Å². The molecule has 148 valence electrons. The van der Waals surface area contributed by atoms with E-state index in [9.17, 15) is 9.59 Å². The Bertz CT molecular complexity index is 989. The summed E-state index contributed by atoms with van der Waals surface area (Å²) < 4.78 is 4.71. The largest absolute Gasteiger partial charge is 0.465 e. The van der Waals surface area contributed by atoms with Gasteiger partial charge in [0.25, 0.3) is 5.91 Å². The van der Waals surface area contributed by atoms with Crippen LogP contribution in [0.3, 0.4) is 0 Å². The maximum Gasteiger partial charge on any atom is 0.337 e. The van der Waals surface area contributed by atoms with Crippen molar-refractivity contribution in [3.63, 3.8) is 0 Å². The minimum Gasteiger partial charge on any atom is -0.465 e. The molecule has 0 radical (unpaired) electrons. The molecule has 0 saturated carbocycles. The van der Waals surface area contributed by atoms with Gasteiger partial charge in [-0.2, -0.15) is 0 Å². The lowest BCUT2D eigenvalue weighted by Crippen LogP contribution is -2.23. The van der Waals surface area contributed by atoms with E-state index in [4.69, 9.17) is 4.74 Å². The average Bonchev–Trinajstić information content (AvgIpc) is 2.77. The Morgan fingerprint density at radius 1 is 1.03 bits per heavy atom. The first kappa shape index (κ1) is 20.1. The Labute approximate surface area is 170 Å². The molecule has 6 nitrogen and oxygen atoms in total. The lowest BCUT2D eigenvalue weighted by molar-refractivity contribution is 0.0600. The van der Waals surface area contributed by atoms with Crippen LogP contribution in [0, 0.1) is 0 Å². The Kier molecular flexibility index (Phi) is 6.58. The minimum atomic E-state index is -0.458. The molecule has 0 aliphatic heterocycles. The number of anilines is 2. The number of methoxy groups -OCH3 is 1. The molecule has 6 heteroatoms. The molecule has 29 heavy (non-hydrogen) atoms. The lowest BCUT2D eigenvalue weighted by atomic mass is 10.2. The third-order valence-electron chi connectivity index (χ3n) is 4.48. The predicted octanol–water partition coefficient (Wildman–Crippen LogP) is 4.15. The number of carbonyl (C=O) groups is 2.